The van der Waals surface area contributed by atoms with Crippen LogP contribution < -0.4 is 5.73 Å². The monoisotopic (exact) mass is 224 g/mol. The summed E-state index contributed by atoms with van der Waals surface area (Å²) < 4.78 is 0. The minimum atomic E-state index is -0.168. The van der Waals surface area contributed by atoms with Crippen LogP contribution in [0, 0.1) is 11.3 Å². The van der Waals surface area contributed by atoms with Crippen LogP contribution in [0.4, 0.5) is 0 Å². The van der Waals surface area contributed by atoms with Crippen LogP contribution in [-0.4, -0.2) is 30.4 Å². The molecule has 2 N–H and O–H groups in total. The highest BCUT2D eigenvalue weighted by atomic mass is 16.2. The number of hydrogen-bond acceptors (Lipinski definition) is 2. The van der Waals surface area contributed by atoms with E-state index in [4.69, 9.17) is 5.73 Å². The summed E-state index contributed by atoms with van der Waals surface area (Å²) in [5.74, 6) is 1.18. The second-order valence-corrected chi connectivity index (χ2v) is 5.48. The maximum atomic E-state index is 12.4. The fraction of sp³-hybridized carbons (Fsp3) is 0.923. The van der Waals surface area contributed by atoms with Gasteiger partial charge >= 0.3 is 0 Å². The number of rotatable bonds is 3. The summed E-state index contributed by atoms with van der Waals surface area (Å²) >= 11 is 0. The van der Waals surface area contributed by atoms with E-state index in [0.717, 1.165) is 31.8 Å². The lowest BCUT2D eigenvalue weighted by Crippen LogP contribution is -2.53. The molecular formula is C13H24N2O. The van der Waals surface area contributed by atoms with Gasteiger partial charge in [0.25, 0.3) is 0 Å². The average Bonchev–Trinajstić information content (AvgIpc) is 2.28. The maximum absolute atomic E-state index is 12.4. The SMILES string of the molecule is CCC1CCN(C(=O)C2(CN)CCC2)CC1. The van der Waals surface area contributed by atoms with E-state index < -0.39 is 0 Å². The van der Waals surface area contributed by atoms with Crippen LogP contribution in [0.2, 0.25) is 0 Å². The Labute approximate surface area is 98.4 Å². The van der Waals surface area contributed by atoms with E-state index in [1.165, 1.54) is 25.7 Å². The lowest BCUT2D eigenvalue weighted by atomic mass is 9.67. The first-order valence-electron chi connectivity index (χ1n) is 6.71. The number of amides is 1. The van der Waals surface area contributed by atoms with E-state index in [0.29, 0.717) is 12.5 Å². The minimum Gasteiger partial charge on any atom is -0.342 e. The normalized spacial score (nSPS) is 25.2. The molecule has 3 nitrogen and oxygen atoms in total. The maximum Gasteiger partial charge on any atom is 0.230 e. The molecule has 0 aromatic rings. The number of nitrogens with two attached hydrogens (primary N) is 1. The van der Waals surface area contributed by atoms with Gasteiger partial charge < -0.3 is 10.6 Å². The number of carbonyl (C=O) groups is 1. The second kappa shape index (κ2) is 4.74. The smallest absolute Gasteiger partial charge is 0.230 e. The highest BCUT2D eigenvalue weighted by Gasteiger charge is 2.45. The molecule has 0 atom stereocenters. The second-order valence-electron chi connectivity index (χ2n) is 5.48. The molecule has 2 aliphatic rings. The molecule has 1 aliphatic heterocycles. The largest absolute Gasteiger partial charge is 0.342 e. The zero-order valence-electron chi connectivity index (χ0n) is 10.4. The third-order valence-corrected chi connectivity index (χ3v) is 4.63. The van der Waals surface area contributed by atoms with E-state index in [-0.39, 0.29) is 5.41 Å². The van der Waals surface area contributed by atoms with Gasteiger partial charge in [0.05, 0.1) is 5.41 Å². The number of piperidine rings is 1. The van der Waals surface area contributed by atoms with Crippen LogP contribution in [-0.2, 0) is 4.79 Å². The average molecular weight is 224 g/mol. The molecule has 0 aromatic carbocycles. The molecule has 0 radical (unpaired) electrons. The summed E-state index contributed by atoms with van der Waals surface area (Å²) in [5.41, 5.74) is 5.61. The van der Waals surface area contributed by atoms with Crippen molar-refractivity contribution in [3.8, 4) is 0 Å². The predicted molar refractivity (Wildman–Crippen MR) is 64.9 cm³/mol. The Morgan fingerprint density at radius 2 is 2.00 bits per heavy atom. The van der Waals surface area contributed by atoms with Crippen LogP contribution >= 0.6 is 0 Å². The number of likely N-dealkylation sites (tertiary alicyclic amines) is 1. The van der Waals surface area contributed by atoms with Gasteiger partial charge in [-0.25, -0.2) is 0 Å². The summed E-state index contributed by atoms with van der Waals surface area (Å²) in [6.45, 7) is 4.70. The highest BCUT2D eigenvalue weighted by molar-refractivity contribution is 5.84. The molecule has 0 unspecified atom stereocenters. The van der Waals surface area contributed by atoms with Gasteiger partial charge in [-0.1, -0.05) is 19.8 Å². The highest BCUT2D eigenvalue weighted by Crippen LogP contribution is 2.42. The third kappa shape index (κ3) is 1.97. The summed E-state index contributed by atoms with van der Waals surface area (Å²) in [4.78, 5) is 14.4. The first-order valence-corrected chi connectivity index (χ1v) is 6.71. The predicted octanol–water partition coefficient (Wildman–Crippen LogP) is 1.76. The summed E-state index contributed by atoms with van der Waals surface area (Å²) in [6, 6.07) is 0. The van der Waals surface area contributed by atoms with E-state index in [9.17, 15) is 4.79 Å². The molecule has 0 spiro atoms. The fourth-order valence-corrected chi connectivity index (χ4v) is 2.99. The van der Waals surface area contributed by atoms with Gasteiger partial charge in [-0.15, -0.1) is 0 Å². The van der Waals surface area contributed by atoms with E-state index >= 15 is 0 Å². The fourth-order valence-electron chi connectivity index (χ4n) is 2.99. The molecule has 2 fully saturated rings. The third-order valence-electron chi connectivity index (χ3n) is 4.63. The van der Waals surface area contributed by atoms with Crippen molar-refractivity contribution in [1.29, 1.82) is 0 Å². The summed E-state index contributed by atoms with van der Waals surface area (Å²) in [5, 5.41) is 0. The summed E-state index contributed by atoms with van der Waals surface area (Å²) in [7, 11) is 0. The van der Waals surface area contributed by atoms with Crippen LogP contribution in [0.25, 0.3) is 0 Å². The molecular weight excluding hydrogens is 200 g/mol. The van der Waals surface area contributed by atoms with Gasteiger partial charge in [0.15, 0.2) is 0 Å². The van der Waals surface area contributed by atoms with Crippen molar-refractivity contribution in [1.82, 2.24) is 4.90 Å². The molecule has 0 bridgehead atoms. The number of carbonyl (C=O) groups excluding carboxylic acids is 1. The summed E-state index contributed by atoms with van der Waals surface area (Å²) in [6.07, 6.45) is 6.82. The van der Waals surface area contributed by atoms with Gasteiger partial charge in [0.2, 0.25) is 5.91 Å². The Bertz CT molecular complexity index is 247. The molecule has 1 amide bonds. The zero-order chi connectivity index (χ0) is 11.6. The number of nitrogens with zero attached hydrogens (tertiary/aromatic N) is 1. The lowest BCUT2D eigenvalue weighted by Gasteiger charge is -2.44. The molecule has 1 saturated carbocycles. The Morgan fingerprint density at radius 3 is 2.38 bits per heavy atom. The molecule has 3 heteroatoms. The van der Waals surface area contributed by atoms with Crippen molar-refractivity contribution >= 4 is 5.91 Å². The molecule has 1 saturated heterocycles. The van der Waals surface area contributed by atoms with Crippen LogP contribution in [0.15, 0.2) is 0 Å². The van der Waals surface area contributed by atoms with Crippen LogP contribution in [0.5, 0.6) is 0 Å². The van der Waals surface area contributed by atoms with Gasteiger partial charge in [-0.2, -0.15) is 0 Å². The van der Waals surface area contributed by atoms with Crippen molar-refractivity contribution in [2.75, 3.05) is 19.6 Å². The van der Waals surface area contributed by atoms with Crippen molar-refractivity contribution in [2.24, 2.45) is 17.1 Å². The quantitative estimate of drug-likeness (QED) is 0.794. The molecule has 0 aromatic heterocycles. The van der Waals surface area contributed by atoms with Gasteiger partial charge in [-0.05, 0) is 31.6 Å². The molecule has 1 heterocycles. The molecule has 92 valence electrons. The van der Waals surface area contributed by atoms with Gasteiger partial charge in [-0.3, -0.25) is 4.79 Å². The van der Waals surface area contributed by atoms with Gasteiger partial charge in [0.1, 0.15) is 0 Å². The van der Waals surface area contributed by atoms with Crippen molar-refractivity contribution in [3.63, 3.8) is 0 Å². The molecule has 1 aliphatic carbocycles. The zero-order valence-corrected chi connectivity index (χ0v) is 10.4. The van der Waals surface area contributed by atoms with Crippen LogP contribution in [0.3, 0.4) is 0 Å². The van der Waals surface area contributed by atoms with Crippen molar-refractivity contribution in [3.05, 3.63) is 0 Å². The standard InChI is InChI=1S/C13H24N2O/c1-2-11-4-8-15(9-5-11)12(16)13(10-14)6-3-7-13/h11H,2-10,14H2,1H3. The van der Waals surface area contributed by atoms with E-state index in [1.54, 1.807) is 0 Å². The molecule has 2 rings (SSSR count). The van der Waals surface area contributed by atoms with Gasteiger partial charge in [0, 0.05) is 19.6 Å². The lowest BCUT2D eigenvalue weighted by molar-refractivity contribution is -0.148. The van der Waals surface area contributed by atoms with Crippen molar-refractivity contribution in [2.45, 2.75) is 45.4 Å². The van der Waals surface area contributed by atoms with E-state index in [1.807, 2.05) is 0 Å². The minimum absolute atomic E-state index is 0.168. The Kier molecular flexibility index (Phi) is 3.53. The van der Waals surface area contributed by atoms with Crippen LogP contribution in [0.1, 0.15) is 45.4 Å². The Balaban J connectivity index is 1.91. The topological polar surface area (TPSA) is 46.3 Å². The Morgan fingerprint density at radius 1 is 1.38 bits per heavy atom. The molecule has 16 heavy (non-hydrogen) atoms. The first-order chi connectivity index (χ1) is 7.72. The Hall–Kier alpha value is -0.570. The first kappa shape index (κ1) is 11.9. The van der Waals surface area contributed by atoms with Crippen molar-refractivity contribution < 1.29 is 4.79 Å². The number of hydrogen-bond donors (Lipinski definition) is 1. The van der Waals surface area contributed by atoms with E-state index in [2.05, 4.69) is 11.8 Å².